The maximum atomic E-state index is 12.3. The lowest BCUT2D eigenvalue weighted by Gasteiger charge is -2.30. The lowest BCUT2D eigenvalue weighted by molar-refractivity contribution is 0.142. The number of hydrogen-bond acceptors (Lipinski definition) is 6. The number of aromatic amines is 1. The first-order chi connectivity index (χ1) is 13.0. The second-order valence-corrected chi connectivity index (χ2v) is 6.79. The van der Waals surface area contributed by atoms with E-state index in [-0.39, 0.29) is 0 Å². The van der Waals surface area contributed by atoms with Crippen LogP contribution >= 0.6 is 0 Å². The first kappa shape index (κ1) is 17.4. The minimum atomic E-state index is -1.63. The van der Waals surface area contributed by atoms with Crippen molar-refractivity contribution >= 4 is 11.8 Å². The zero-order chi connectivity index (χ0) is 19.0. The molecular weight excluding hydrogens is 350 g/mol. The number of ether oxygens (including phenoxy) is 1. The molecule has 8 heteroatoms. The Morgan fingerprint density at radius 1 is 1.19 bits per heavy atom. The third-order valence-electron chi connectivity index (χ3n) is 5.15. The summed E-state index contributed by atoms with van der Waals surface area (Å²) >= 11 is 0. The number of aryl methyl sites for hydroxylation is 1. The largest absolute Gasteiger partial charge is 0.511 e. The third kappa shape index (κ3) is 3.23. The maximum Gasteiger partial charge on any atom is 0.511 e. The fourth-order valence-electron chi connectivity index (χ4n) is 3.87. The number of carbonyl (C=O) groups is 1. The predicted octanol–water partition coefficient (Wildman–Crippen LogP) is 1.70. The molecule has 2 aromatic rings. The standard InChI is InChI=1S/C19H21N3O5/c23-16-14-3-1-2-11-10-12(22-8-6-20-7-9-22)4-5-13(11)15(14)21-18(24)17(16)27-19(25)26/h4-5,10,20H,1-3,6-9H2,(H,25,26)(H2,21,23,24). The number of rotatable bonds is 2. The molecule has 4 rings (SSSR count). The van der Waals surface area contributed by atoms with E-state index in [1.54, 1.807) is 0 Å². The number of nitrogens with zero attached hydrogens (tertiary/aromatic N) is 1. The van der Waals surface area contributed by atoms with Crippen molar-refractivity contribution in [2.75, 3.05) is 31.1 Å². The number of benzene rings is 1. The number of piperazine rings is 1. The van der Waals surface area contributed by atoms with Crippen LogP contribution in [0.25, 0.3) is 11.3 Å². The molecular formula is C19H21N3O5. The predicted molar refractivity (Wildman–Crippen MR) is 99.9 cm³/mol. The lowest BCUT2D eigenvalue weighted by Crippen LogP contribution is -2.43. The van der Waals surface area contributed by atoms with Gasteiger partial charge in [-0.2, -0.15) is 0 Å². The maximum absolute atomic E-state index is 12.3. The minimum Gasteiger partial charge on any atom is -0.504 e. The van der Waals surface area contributed by atoms with Crippen molar-refractivity contribution in [1.29, 1.82) is 0 Å². The lowest BCUT2D eigenvalue weighted by atomic mass is 10.00. The summed E-state index contributed by atoms with van der Waals surface area (Å²) in [5.74, 6) is -0.961. The molecule has 2 heterocycles. The van der Waals surface area contributed by atoms with E-state index in [2.05, 4.69) is 26.0 Å². The number of H-pyrrole nitrogens is 1. The molecule has 1 aliphatic carbocycles. The van der Waals surface area contributed by atoms with Gasteiger partial charge in [-0.15, -0.1) is 0 Å². The summed E-state index contributed by atoms with van der Waals surface area (Å²) in [7, 11) is 0. The van der Waals surface area contributed by atoms with Crippen LogP contribution in [-0.2, 0) is 12.8 Å². The van der Waals surface area contributed by atoms with Crippen molar-refractivity contribution in [1.82, 2.24) is 10.3 Å². The monoisotopic (exact) mass is 371 g/mol. The highest BCUT2D eigenvalue weighted by atomic mass is 16.7. The quantitative estimate of drug-likeness (QED) is 0.594. The van der Waals surface area contributed by atoms with E-state index in [9.17, 15) is 14.7 Å². The number of pyridine rings is 1. The molecule has 4 N–H and O–H groups in total. The first-order valence-electron chi connectivity index (χ1n) is 9.02. The number of carboxylic acid groups (broad SMARTS) is 1. The van der Waals surface area contributed by atoms with E-state index >= 15 is 0 Å². The van der Waals surface area contributed by atoms with Crippen molar-refractivity contribution < 1.29 is 19.7 Å². The fourth-order valence-corrected chi connectivity index (χ4v) is 3.87. The Kier molecular flexibility index (Phi) is 4.49. The number of aromatic nitrogens is 1. The van der Waals surface area contributed by atoms with Crippen molar-refractivity contribution in [3.63, 3.8) is 0 Å². The summed E-state index contributed by atoms with van der Waals surface area (Å²) in [5, 5.41) is 22.6. The normalized spacial score (nSPS) is 16.2. The second-order valence-electron chi connectivity index (χ2n) is 6.79. The van der Waals surface area contributed by atoms with Crippen molar-refractivity contribution in [3.05, 3.63) is 39.7 Å². The Hall–Kier alpha value is -3.00. The van der Waals surface area contributed by atoms with Gasteiger partial charge in [0.1, 0.15) is 0 Å². The number of aromatic hydroxyl groups is 1. The zero-order valence-electron chi connectivity index (χ0n) is 14.7. The third-order valence-corrected chi connectivity index (χ3v) is 5.15. The molecule has 1 aromatic carbocycles. The highest BCUT2D eigenvalue weighted by molar-refractivity contribution is 5.75. The Morgan fingerprint density at radius 2 is 1.96 bits per heavy atom. The molecule has 1 saturated heterocycles. The van der Waals surface area contributed by atoms with Gasteiger partial charge >= 0.3 is 6.16 Å². The Morgan fingerprint density at radius 3 is 2.70 bits per heavy atom. The molecule has 1 aromatic heterocycles. The van der Waals surface area contributed by atoms with Gasteiger partial charge in [0, 0.05) is 43.0 Å². The number of anilines is 1. The summed E-state index contributed by atoms with van der Waals surface area (Å²) in [4.78, 5) is 28.1. The second kappa shape index (κ2) is 6.96. The van der Waals surface area contributed by atoms with E-state index < -0.39 is 23.2 Å². The topological polar surface area (TPSA) is 115 Å². The zero-order valence-corrected chi connectivity index (χ0v) is 14.7. The summed E-state index contributed by atoms with van der Waals surface area (Å²) in [6.07, 6.45) is 0.467. The Balaban J connectivity index is 1.79. The molecule has 142 valence electrons. The van der Waals surface area contributed by atoms with Gasteiger partial charge in [-0.05, 0) is 37.0 Å². The van der Waals surface area contributed by atoms with Crippen LogP contribution in [0.4, 0.5) is 10.5 Å². The number of hydrogen-bond donors (Lipinski definition) is 4. The highest BCUT2D eigenvalue weighted by Crippen LogP contribution is 2.39. The molecule has 0 radical (unpaired) electrons. The van der Waals surface area contributed by atoms with Crippen LogP contribution in [0.2, 0.25) is 0 Å². The van der Waals surface area contributed by atoms with Crippen molar-refractivity contribution in [2.24, 2.45) is 0 Å². The summed E-state index contributed by atoms with van der Waals surface area (Å²) in [6.45, 7) is 3.80. The minimum absolute atomic E-state index is 0.393. The van der Waals surface area contributed by atoms with Gasteiger partial charge in [-0.3, -0.25) is 4.79 Å². The molecule has 1 fully saturated rings. The van der Waals surface area contributed by atoms with E-state index in [4.69, 9.17) is 5.11 Å². The van der Waals surface area contributed by atoms with Gasteiger partial charge in [0.2, 0.25) is 5.75 Å². The van der Waals surface area contributed by atoms with E-state index in [0.717, 1.165) is 55.8 Å². The Bertz CT molecular complexity index is 947. The van der Waals surface area contributed by atoms with Crippen LogP contribution in [0.1, 0.15) is 17.5 Å². The number of nitrogens with one attached hydrogen (secondary N) is 2. The summed E-state index contributed by atoms with van der Waals surface area (Å²) < 4.78 is 4.48. The molecule has 0 bridgehead atoms. The highest BCUT2D eigenvalue weighted by Gasteiger charge is 2.25. The summed E-state index contributed by atoms with van der Waals surface area (Å²) in [5.41, 5.74) is 3.40. The van der Waals surface area contributed by atoms with Crippen LogP contribution < -0.4 is 20.5 Å². The Labute approximate surface area is 155 Å². The van der Waals surface area contributed by atoms with Gasteiger partial charge in [0.05, 0.1) is 5.69 Å². The van der Waals surface area contributed by atoms with Crippen LogP contribution in [0, 0.1) is 0 Å². The molecule has 0 saturated carbocycles. The molecule has 1 aliphatic heterocycles. The summed E-state index contributed by atoms with van der Waals surface area (Å²) in [6, 6.07) is 6.13. The van der Waals surface area contributed by atoms with Crippen molar-refractivity contribution in [3.8, 4) is 22.8 Å². The van der Waals surface area contributed by atoms with Gasteiger partial charge in [-0.25, -0.2) is 4.79 Å². The molecule has 2 aliphatic rings. The van der Waals surface area contributed by atoms with Gasteiger partial charge in [-0.1, -0.05) is 6.07 Å². The average Bonchev–Trinajstić information content (AvgIpc) is 2.85. The van der Waals surface area contributed by atoms with E-state index in [1.165, 1.54) is 0 Å². The first-order valence-corrected chi connectivity index (χ1v) is 9.02. The molecule has 0 atom stereocenters. The van der Waals surface area contributed by atoms with Crippen LogP contribution in [0.3, 0.4) is 0 Å². The smallest absolute Gasteiger partial charge is 0.504 e. The SMILES string of the molecule is O=C(O)Oc1c(O)c2c([nH]c1=O)-c1ccc(N3CCNCC3)cc1CCC2. The molecule has 0 unspecified atom stereocenters. The molecule has 27 heavy (non-hydrogen) atoms. The fraction of sp³-hybridized carbons (Fsp3) is 0.368. The van der Waals surface area contributed by atoms with E-state index in [1.807, 2.05) is 12.1 Å². The van der Waals surface area contributed by atoms with Gasteiger partial charge < -0.3 is 30.2 Å². The van der Waals surface area contributed by atoms with Gasteiger partial charge in [0.25, 0.3) is 5.56 Å². The van der Waals surface area contributed by atoms with Crippen LogP contribution in [0.15, 0.2) is 23.0 Å². The molecule has 0 spiro atoms. The molecule has 8 nitrogen and oxygen atoms in total. The number of fused-ring (bicyclic) bond motifs is 3. The van der Waals surface area contributed by atoms with E-state index in [0.29, 0.717) is 17.7 Å². The van der Waals surface area contributed by atoms with Crippen LogP contribution in [0.5, 0.6) is 11.5 Å². The average molecular weight is 371 g/mol. The van der Waals surface area contributed by atoms with Crippen molar-refractivity contribution in [2.45, 2.75) is 19.3 Å². The molecule has 0 amide bonds. The van der Waals surface area contributed by atoms with Crippen LogP contribution in [-0.4, -0.2) is 47.5 Å². The van der Waals surface area contributed by atoms with Gasteiger partial charge in [0.15, 0.2) is 5.75 Å².